The largest absolute Gasteiger partial charge is 0.310 e. The Hall–Kier alpha value is -6.70. The summed E-state index contributed by atoms with van der Waals surface area (Å²) in [6, 6.07) is 74.1. The van der Waals surface area contributed by atoms with Crippen molar-refractivity contribution in [3.63, 3.8) is 0 Å². The maximum Gasteiger partial charge on any atom is 0.0726 e. The van der Waals surface area contributed by atoms with Crippen molar-refractivity contribution in [3.8, 4) is 33.4 Å². The van der Waals surface area contributed by atoms with Gasteiger partial charge in [-0.2, -0.15) is 0 Å². The number of hydrogen-bond acceptors (Lipinski definition) is 1. The highest BCUT2D eigenvalue weighted by atomic mass is 15.1. The van der Waals surface area contributed by atoms with Crippen LogP contribution < -0.4 is 4.90 Å². The molecule has 0 heterocycles. The summed E-state index contributed by atoms with van der Waals surface area (Å²) in [5.74, 6) is 0. The van der Waals surface area contributed by atoms with Gasteiger partial charge in [-0.15, -0.1) is 0 Å². The molecule has 0 fully saturated rings. The van der Waals surface area contributed by atoms with Crippen LogP contribution in [0, 0.1) is 0 Å². The molecule has 0 saturated carbocycles. The zero-order valence-electron chi connectivity index (χ0n) is 28.5. The second-order valence-corrected chi connectivity index (χ2v) is 14.0. The minimum atomic E-state index is -0.440. The first-order valence-electron chi connectivity index (χ1n) is 18.1. The van der Waals surface area contributed by atoms with E-state index in [1.807, 2.05) is 0 Å². The van der Waals surface area contributed by atoms with Crippen LogP contribution in [0.4, 0.5) is 17.1 Å². The Labute approximate surface area is 303 Å². The fourth-order valence-corrected chi connectivity index (χ4v) is 9.29. The number of rotatable bonds is 4. The maximum absolute atomic E-state index is 2.52. The van der Waals surface area contributed by atoms with Gasteiger partial charge in [-0.25, -0.2) is 0 Å². The van der Waals surface area contributed by atoms with E-state index in [1.165, 1.54) is 82.9 Å². The lowest BCUT2D eigenvalue weighted by Gasteiger charge is -2.33. The molecule has 0 unspecified atom stereocenters. The van der Waals surface area contributed by atoms with Crippen molar-refractivity contribution >= 4 is 38.6 Å². The summed E-state index contributed by atoms with van der Waals surface area (Å²) >= 11 is 0. The fourth-order valence-electron chi connectivity index (χ4n) is 9.29. The average molecular weight is 660 g/mol. The molecule has 9 aromatic rings. The number of fused-ring (bicyclic) bond motifs is 13. The van der Waals surface area contributed by atoms with Crippen molar-refractivity contribution < 1.29 is 0 Å². The first-order valence-corrected chi connectivity index (χ1v) is 18.1. The molecule has 0 N–H and O–H groups in total. The van der Waals surface area contributed by atoms with Gasteiger partial charge in [-0.3, -0.25) is 0 Å². The predicted molar refractivity (Wildman–Crippen MR) is 218 cm³/mol. The monoisotopic (exact) mass is 659 g/mol. The van der Waals surface area contributed by atoms with Gasteiger partial charge in [0, 0.05) is 16.8 Å². The Morgan fingerprint density at radius 1 is 0.327 bits per heavy atom. The molecule has 0 radical (unpaired) electrons. The van der Waals surface area contributed by atoms with E-state index in [-0.39, 0.29) is 0 Å². The number of anilines is 3. The van der Waals surface area contributed by atoms with E-state index in [2.05, 4.69) is 205 Å². The smallest absolute Gasteiger partial charge is 0.0726 e. The van der Waals surface area contributed by atoms with Gasteiger partial charge in [-0.1, -0.05) is 170 Å². The first-order chi connectivity index (χ1) is 25.8. The van der Waals surface area contributed by atoms with Crippen LogP contribution in [0.25, 0.3) is 54.9 Å². The maximum atomic E-state index is 2.52. The molecule has 0 aromatic heterocycles. The lowest BCUT2D eigenvalue weighted by Crippen LogP contribution is -2.26. The van der Waals surface area contributed by atoms with Crippen LogP contribution in [0.2, 0.25) is 0 Å². The van der Waals surface area contributed by atoms with Gasteiger partial charge in [-0.05, 0) is 102 Å². The van der Waals surface area contributed by atoms with Gasteiger partial charge in [0.15, 0.2) is 0 Å². The number of nitrogens with zero attached hydrogens (tertiary/aromatic N) is 1. The SMILES string of the molecule is c1ccc(-c2ccc(N(c3ccc4ccccc4c3)c3cc4c(c5ccccc35)-c3ccccc3C43c4ccccc4-c4ccccc43)cc2)cc1. The third-order valence-electron chi connectivity index (χ3n) is 11.4. The molecule has 242 valence electrons. The average Bonchev–Trinajstić information content (AvgIpc) is 3.69. The molecule has 0 atom stereocenters. The quantitative estimate of drug-likeness (QED) is 0.182. The predicted octanol–water partition coefficient (Wildman–Crippen LogP) is 13.5. The standard InChI is InChI=1S/C51H33N/c1-2-14-34(15-3-1)36-26-29-38(30-27-36)52(39-31-28-35-16-4-5-17-37(35)32-39)49-33-48-50(43-21-7-6-20-42(43)49)44-22-10-13-25-47(44)51(48)45-23-11-8-18-40(45)41-19-9-12-24-46(41)51/h1-33H. The summed E-state index contributed by atoms with van der Waals surface area (Å²) in [5, 5.41) is 4.96. The topological polar surface area (TPSA) is 3.24 Å². The molecule has 1 nitrogen and oxygen atoms in total. The Balaban J connectivity index is 1.24. The zero-order valence-corrected chi connectivity index (χ0v) is 28.5. The summed E-state index contributed by atoms with van der Waals surface area (Å²) in [6.07, 6.45) is 0. The molecule has 0 bridgehead atoms. The highest BCUT2D eigenvalue weighted by molar-refractivity contribution is 6.12. The van der Waals surface area contributed by atoms with Crippen LogP contribution in [0.1, 0.15) is 22.3 Å². The second-order valence-electron chi connectivity index (χ2n) is 14.0. The normalized spacial score (nSPS) is 13.2. The van der Waals surface area contributed by atoms with Crippen LogP contribution in [0.3, 0.4) is 0 Å². The molecular weight excluding hydrogens is 627 g/mol. The van der Waals surface area contributed by atoms with Crippen LogP contribution in [-0.2, 0) is 5.41 Å². The van der Waals surface area contributed by atoms with Gasteiger partial charge in [0.05, 0.1) is 11.1 Å². The van der Waals surface area contributed by atoms with Crippen molar-refractivity contribution in [1.82, 2.24) is 0 Å². The number of hydrogen-bond donors (Lipinski definition) is 0. The third-order valence-corrected chi connectivity index (χ3v) is 11.4. The van der Waals surface area contributed by atoms with E-state index in [0.29, 0.717) is 0 Å². The molecule has 1 spiro atoms. The summed E-state index contributed by atoms with van der Waals surface area (Å²) in [5.41, 5.74) is 16.1. The van der Waals surface area contributed by atoms with Crippen LogP contribution in [0.15, 0.2) is 200 Å². The molecule has 2 aliphatic carbocycles. The van der Waals surface area contributed by atoms with Crippen molar-refractivity contribution in [3.05, 3.63) is 222 Å². The Kier molecular flexibility index (Phi) is 6.23. The molecule has 0 saturated heterocycles. The van der Waals surface area contributed by atoms with E-state index < -0.39 is 5.41 Å². The highest BCUT2D eigenvalue weighted by Crippen LogP contribution is 2.64. The van der Waals surface area contributed by atoms with E-state index in [9.17, 15) is 0 Å². The first kappa shape index (κ1) is 29.1. The summed E-state index contributed by atoms with van der Waals surface area (Å²) in [7, 11) is 0. The Morgan fingerprint density at radius 2 is 0.846 bits per heavy atom. The van der Waals surface area contributed by atoms with Gasteiger partial charge < -0.3 is 4.90 Å². The number of benzene rings is 9. The summed E-state index contributed by atoms with van der Waals surface area (Å²) in [4.78, 5) is 2.48. The third kappa shape index (κ3) is 3.99. The Bertz CT molecular complexity index is 2800. The molecular formula is C51H33N. The van der Waals surface area contributed by atoms with E-state index >= 15 is 0 Å². The summed E-state index contributed by atoms with van der Waals surface area (Å²) in [6.45, 7) is 0. The molecule has 52 heavy (non-hydrogen) atoms. The minimum absolute atomic E-state index is 0.440. The highest BCUT2D eigenvalue weighted by Gasteiger charge is 2.52. The lowest BCUT2D eigenvalue weighted by atomic mass is 9.70. The van der Waals surface area contributed by atoms with Crippen LogP contribution >= 0.6 is 0 Å². The Morgan fingerprint density at radius 3 is 1.56 bits per heavy atom. The molecule has 11 rings (SSSR count). The molecule has 0 amide bonds. The van der Waals surface area contributed by atoms with E-state index in [1.54, 1.807) is 0 Å². The molecule has 1 heteroatoms. The van der Waals surface area contributed by atoms with Crippen LogP contribution in [0.5, 0.6) is 0 Å². The zero-order chi connectivity index (χ0) is 34.2. The fraction of sp³-hybridized carbons (Fsp3) is 0.0196. The van der Waals surface area contributed by atoms with Crippen LogP contribution in [-0.4, -0.2) is 0 Å². The van der Waals surface area contributed by atoms with Crippen molar-refractivity contribution in [2.45, 2.75) is 5.41 Å². The molecule has 2 aliphatic rings. The van der Waals surface area contributed by atoms with E-state index in [4.69, 9.17) is 0 Å². The van der Waals surface area contributed by atoms with Gasteiger partial charge in [0.25, 0.3) is 0 Å². The van der Waals surface area contributed by atoms with Crippen molar-refractivity contribution in [2.75, 3.05) is 4.90 Å². The van der Waals surface area contributed by atoms with Gasteiger partial charge >= 0.3 is 0 Å². The van der Waals surface area contributed by atoms with Crippen molar-refractivity contribution in [1.29, 1.82) is 0 Å². The summed E-state index contributed by atoms with van der Waals surface area (Å²) < 4.78 is 0. The van der Waals surface area contributed by atoms with E-state index in [0.717, 1.165) is 11.4 Å². The lowest BCUT2D eigenvalue weighted by molar-refractivity contribution is 0.794. The minimum Gasteiger partial charge on any atom is -0.310 e. The molecule has 9 aromatic carbocycles. The second kappa shape index (κ2) is 11.2. The molecule has 0 aliphatic heterocycles. The van der Waals surface area contributed by atoms with Crippen molar-refractivity contribution in [2.24, 2.45) is 0 Å². The van der Waals surface area contributed by atoms with Gasteiger partial charge in [0.1, 0.15) is 0 Å². The van der Waals surface area contributed by atoms with Gasteiger partial charge in [0.2, 0.25) is 0 Å².